The molecule has 0 aromatic heterocycles. The first kappa shape index (κ1) is 10.5. The molecule has 0 saturated heterocycles. The summed E-state index contributed by atoms with van der Waals surface area (Å²) in [7, 11) is 0. The maximum absolute atomic E-state index is 11.1. The lowest BCUT2D eigenvalue weighted by Gasteiger charge is -2.10. The third kappa shape index (κ3) is 4.27. The van der Waals surface area contributed by atoms with E-state index in [2.05, 4.69) is 12.2 Å². The van der Waals surface area contributed by atoms with Crippen molar-refractivity contribution in [3.05, 3.63) is 0 Å². The number of hydrogen-bond donors (Lipinski definition) is 1. The van der Waals surface area contributed by atoms with Gasteiger partial charge in [-0.15, -0.1) is 0 Å². The number of rotatable bonds is 6. The van der Waals surface area contributed by atoms with Gasteiger partial charge in [0.2, 0.25) is 5.91 Å². The van der Waals surface area contributed by atoms with Gasteiger partial charge in [-0.3, -0.25) is 4.79 Å². The Morgan fingerprint density at radius 2 is 2.31 bits per heavy atom. The SMILES string of the molecule is CCOCC(=O)NCC(C)C1CC1. The van der Waals surface area contributed by atoms with Gasteiger partial charge in [0.05, 0.1) is 0 Å². The molecule has 0 radical (unpaired) electrons. The lowest BCUT2D eigenvalue weighted by atomic mass is 10.1. The lowest BCUT2D eigenvalue weighted by Crippen LogP contribution is -2.32. The van der Waals surface area contributed by atoms with E-state index in [9.17, 15) is 4.79 Å². The summed E-state index contributed by atoms with van der Waals surface area (Å²) in [5.74, 6) is 1.49. The van der Waals surface area contributed by atoms with Crippen molar-refractivity contribution >= 4 is 5.91 Å². The van der Waals surface area contributed by atoms with Crippen LogP contribution in [0.2, 0.25) is 0 Å². The Balaban J connectivity index is 2.00. The molecule has 1 aliphatic carbocycles. The van der Waals surface area contributed by atoms with E-state index in [1.165, 1.54) is 12.8 Å². The number of nitrogens with one attached hydrogen (secondary N) is 1. The van der Waals surface area contributed by atoms with Gasteiger partial charge in [0.1, 0.15) is 6.61 Å². The summed E-state index contributed by atoms with van der Waals surface area (Å²) < 4.78 is 4.99. The lowest BCUT2D eigenvalue weighted by molar-refractivity contribution is -0.125. The molecule has 1 fully saturated rings. The van der Waals surface area contributed by atoms with Crippen molar-refractivity contribution in [1.82, 2.24) is 5.32 Å². The molecule has 3 nitrogen and oxygen atoms in total. The third-order valence-electron chi connectivity index (χ3n) is 2.49. The van der Waals surface area contributed by atoms with Crippen molar-refractivity contribution in [2.24, 2.45) is 11.8 Å². The van der Waals surface area contributed by atoms with Crippen molar-refractivity contribution in [1.29, 1.82) is 0 Å². The van der Waals surface area contributed by atoms with Gasteiger partial charge in [0.25, 0.3) is 0 Å². The summed E-state index contributed by atoms with van der Waals surface area (Å²) in [5.41, 5.74) is 0. The van der Waals surface area contributed by atoms with Crippen molar-refractivity contribution in [3.63, 3.8) is 0 Å². The maximum atomic E-state index is 11.1. The molecule has 1 N–H and O–H groups in total. The minimum Gasteiger partial charge on any atom is -0.372 e. The van der Waals surface area contributed by atoms with Crippen LogP contribution in [0.1, 0.15) is 26.7 Å². The molecule has 0 aliphatic heterocycles. The Morgan fingerprint density at radius 3 is 2.85 bits per heavy atom. The number of amides is 1. The normalized spacial score (nSPS) is 18.3. The topological polar surface area (TPSA) is 38.3 Å². The Kier molecular flexibility index (Phi) is 4.22. The predicted molar refractivity (Wildman–Crippen MR) is 51.4 cm³/mol. The highest BCUT2D eigenvalue weighted by molar-refractivity contribution is 5.77. The van der Waals surface area contributed by atoms with E-state index in [1.807, 2.05) is 6.92 Å². The zero-order valence-corrected chi connectivity index (χ0v) is 8.51. The Hall–Kier alpha value is -0.570. The molecule has 1 aliphatic rings. The van der Waals surface area contributed by atoms with Gasteiger partial charge in [-0.2, -0.15) is 0 Å². The third-order valence-corrected chi connectivity index (χ3v) is 2.49. The van der Waals surface area contributed by atoms with E-state index in [0.29, 0.717) is 12.5 Å². The summed E-state index contributed by atoms with van der Waals surface area (Å²) in [5, 5.41) is 2.87. The van der Waals surface area contributed by atoms with Crippen molar-refractivity contribution in [2.75, 3.05) is 19.8 Å². The average Bonchev–Trinajstić information content (AvgIpc) is 2.93. The predicted octanol–water partition coefficient (Wildman–Crippen LogP) is 1.19. The maximum Gasteiger partial charge on any atom is 0.246 e. The van der Waals surface area contributed by atoms with E-state index in [-0.39, 0.29) is 12.5 Å². The standard InChI is InChI=1S/C10H19NO2/c1-3-13-7-10(12)11-6-8(2)9-4-5-9/h8-9H,3-7H2,1-2H3,(H,11,12). The van der Waals surface area contributed by atoms with E-state index < -0.39 is 0 Å². The monoisotopic (exact) mass is 185 g/mol. The molecule has 0 bridgehead atoms. The van der Waals surface area contributed by atoms with Crippen LogP contribution in [0.4, 0.5) is 0 Å². The van der Waals surface area contributed by atoms with E-state index in [4.69, 9.17) is 4.74 Å². The second-order valence-electron chi connectivity index (χ2n) is 3.76. The second-order valence-corrected chi connectivity index (χ2v) is 3.76. The highest BCUT2D eigenvalue weighted by atomic mass is 16.5. The quantitative estimate of drug-likeness (QED) is 0.675. The van der Waals surface area contributed by atoms with Gasteiger partial charge in [-0.05, 0) is 31.6 Å². The number of carbonyl (C=O) groups excluding carboxylic acids is 1. The molecule has 0 heterocycles. The molecule has 0 spiro atoms. The summed E-state index contributed by atoms with van der Waals surface area (Å²) in [4.78, 5) is 11.1. The molecule has 3 heteroatoms. The molecule has 0 aromatic rings. The molecule has 13 heavy (non-hydrogen) atoms. The molecule has 1 saturated carbocycles. The fourth-order valence-electron chi connectivity index (χ4n) is 1.35. The highest BCUT2D eigenvalue weighted by Crippen LogP contribution is 2.35. The Bertz CT molecular complexity index is 166. The zero-order chi connectivity index (χ0) is 9.68. The van der Waals surface area contributed by atoms with Crippen LogP contribution in [-0.2, 0) is 9.53 Å². The summed E-state index contributed by atoms with van der Waals surface area (Å²) in [6.45, 7) is 5.69. The number of carbonyl (C=O) groups is 1. The number of hydrogen-bond acceptors (Lipinski definition) is 2. The Morgan fingerprint density at radius 1 is 1.62 bits per heavy atom. The largest absolute Gasteiger partial charge is 0.372 e. The smallest absolute Gasteiger partial charge is 0.246 e. The minimum absolute atomic E-state index is 0.00866. The zero-order valence-electron chi connectivity index (χ0n) is 8.51. The van der Waals surface area contributed by atoms with E-state index >= 15 is 0 Å². The fraction of sp³-hybridized carbons (Fsp3) is 0.900. The first-order valence-corrected chi connectivity index (χ1v) is 5.08. The van der Waals surface area contributed by atoms with Gasteiger partial charge in [0.15, 0.2) is 0 Å². The van der Waals surface area contributed by atoms with Crippen LogP contribution in [-0.4, -0.2) is 25.7 Å². The summed E-state index contributed by atoms with van der Waals surface area (Å²) in [6, 6.07) is 0. The molecule has 1 rings (SSSR count). The second kappa shape index (κ2) is 5.22. The highest BCUT2D eigenvalue weighted by Gasteiger charge is 2.27. The summed E-state index contributed by atoms with van der Waals surface area (Å²) >= 11 is 0. The first-order chi connectivity index (χ1) is 6.24. The molecule has 1 atom stereocenters. The van der Waals surface area contributed by atoms with Crippen molar-refractivity contribution in [3.8, 4) is 0 Å². The molecular weight excluding hydrogens is 166 g/mol. The van der Waals surface area contributed by atoms with Crippen molar-refractivity contribution in [2.45, 2.75) is 26.7 Å². The van der Waals surface area contributed by atoms with Gasteiger partial charge >= 0.3 is 0 Å². The van der Waals surface area contributed by atoms with Gasteiger partial charge < -0.3 is 10.1 Å². The van der Waals surface area contributed by atoms with Gasteiger partial charge in [0, 0.05) is 13.2 Å². The Labute approximate surface area is 79.8 Å². The molecular formula is C10H19NO2. The van der Waals surface area contributed by atoms with Crippen molar-refractivity contribution < 1.29 is 9.53 Å². The molecule has 0 aromatic carbocycles. The van der Waals surface area contributed by atoms with Crippen LogP contribution in [0.15, 0.2) is 0 Å². The van der Waals surface area contributed by atoms with E-state index in [1.54, 1.807) is 0 Å². The van der Waals surface area contributed by atoms with Gasteiger partial charge in [-0.1, -0.05) is 6.92 Å². The number of ether oxygens (including phenoxy) is 1. The minimum atomic E-state index is 0.00866. The fourth-order valence-corrected chi connectivity index (χ4v) is 1.35. The molecule has 1 unspecified atom stereocenters. The average molecular weight is 185 g/mol. The van der Waals surface area contributed by atoms with Crippen LogP contribution in [0, 0.1) is 11.8 Å². The van der Waals surface area contributed by atoms with Crippen LogP contribution in [0.3, 0.4) is 0 Å². The van der Waals surface area contributed by atoms with Crippen LogP contribution >= 0.6 is 0 Å². The van der Waals surface area contributed by atoms with E-state index in [0.717, 1.165) is 12.5 Å². The molecule has 1 amide bonds. The first-order valence-electron chi connectivity index (χ1n) is 5.08. The molecule has 76 valence electrons. The van der Waals surface area contributed by atoms with Crippen LogP contribution in [0.5, 0.6) is 0 Å². The van der Waals surface area contributed by atoms with Gasteiger partial charge in [-0.25, -0.2) is 0 Å². The van der Waals surface area contributed by atoms with Crippen LogP contribution in [0.25, 0.3) is 0 Å². The van der Waals surface area contributed by atoms with Crippen LogP contribution < -0.4 is 5.32 Å². The summed E-state index contributed by atoms with van der Waals surface area (Å²) in [6.07, 6.45) is 2.67.